The van der Waals surface area contributed by atoms with Gasteiger partial charge in [0.15, 0.2) is 5.65 Å². The molecule has 2 fully saturated rings. The minimum absolute atomic E-state index is 0.0696. The molecule has 0 unspecified atom stereocenters. The maximum atomic E-state index is 13.3. The van der Waals surface area contributed by atoms with Crippen LogP contribution in [0.25, 0.3) is 11.2 Å². The number of hydrogen-bond acceptors (Lipinski definition) is 7. The molecule has 3 aromatic rings. The molecule has 2 aliphatic carbocycles. The second kappa shape index (κ2) is 9.33. The van der Waals surface area contributed by atoms with Gasteiger partial charge in [-0.3, -0.25) is 9.36 Å². The van der Waals surface area contributed by atoms with E-state index in [1.54, 1.807) is 0 Å². The molecular formula is C23H22Cl2F2N8O. The maximum Gasteiger partial charge on any atom is 0.252 e. The number of benzene rings is 1. The first-order valence-corrected chi connectivity index (χ1v) is 12.2. The number of nitrogens with zero attached hydrogens (tertiary/aromatic N) is 5. The van der Waals surface area contributed by atoms with Gasteiger partial charge in [0.05, 0.1) is 33.6 Å². The molecule has 0 radical (unpaired) electrons. The summed E-state index contributed by atoms with van der Waals surface area (Å²) in [6.07, 6.45) is 3.53. The topological polar surface area (TPSA) is 135 Å². The highest BCUT2D eigenvalue weighted by Crippen LogP contribution is 2.41. The summed E-state index contributed by atoms with van der Waals surface area (Å²) in [4.78, 5) is 25.2. The third-order valence-corrected chi connectivity index (χ3v) is 7.32. The Morgan fingerprint density at radius 1 is 1.17 bits per heavy atom. The number of carbonyl (C=O) groups excluding carboxylic acids is 1. The van der Waals surface area contributed by atoms with Crippen LogP contribution in [0.2, 0.25) is 10.0 Å². The molecule has 0 aliphatic heterocycles. The van der Waals surface area contributed by atoms with Crippen molar-refractivity contribution in [1.82, 2.24) is 19.5 Å². The smallest absolute Gasteiger partial charge is 0.252 e. The van der Waals surface area contributed by atoms with Gasteiger partial charge >= 0.3 is 0 Å². The van der Waals surface area contributed by atoms with Gasteiger partial charge in [-0.2, -0.15) is 10.2 Å². The van der Waals surface area contributed by atoms with Crippen LogP contribution in [0.4, 0.5) is 26.4 Å². The molecule has 36 heavy (non-hydrogen) atoms. The molecule has 4 N–H and O–H groups in total. The van der Waals surface area contributed by atoms with Crippen LogP contribution in [0, 0.1) is 17.2 Å². The van der Waals surface area contributed by atoms with E-state index in [2.05, 4.69) is 25.6 Å². The minimum Gasteiger partial charge on any atom is -0.369 e. The van der Waals surface area contributed by atoms with Crippen LogP contribution in [0.5, 0.6) is 0 Å². The van der Waals surface area contributed by atoms with E-state index in [1.165, 1.54) is 18.3 Å². The predicted octanol–water partition coefficient (Wildman–Crippen LogP) is 5.17. The van der Waals surface area contributed by atoms with Crippen molar-refractivity contribution >= 4 is 57.9 Å². The van der Waals surface area contributed by atoms with Gasteiger partial charge in [0.2, 0.25) is 17.8 Å². The molecule has 0 saturated heterocycles. The number of alkyl halides is 2. The van der Waals surface area contributed by atoms with Crippen molar-refractivity contribution in [3.8, 4) is 6.07 Å². The number of anilines is 3. The van der Waals surface area contributed by atoms with Crippen molar-refractivity contribution in [2.45, 2.75) is 56.5 Å². The van der Waals surface area contributed by atoms with Gasteiger partial charge in [0.1, 0.15) is 5.52 Å². The highest BCUT2D eigenvalue weighted by Gasteiger charge is 2.45. The Balaban J connectivity index is 1.52. The lowest BCUT2D eigenvalue weighted by atomic mass is 9.85. The van der Waals surface area contributed by atoms with Crippen LogP contribution in [0.1, 0.15) is 50.1 Å². The Labute approximate surface area is 215 Å². The molecule has 5 rings (SSSR count). The highest BCUT2D eigenvalue weighted by molar-refractivity contribution is 6.39. The number of nitrogens with two attached hydrogens (primary N) is 1. The van der Waals surface area contributed by atoms with Gasteiger partial charge in [-0.05, 0) is 37.8 Å². The van der Waals surface area contributed by atoms with Gasteiger partial charge < -0.3 is 16.4 Å². The number of halogens is 4. The van der Waals surface area contributed by atoms with Crippen molar-refractivity contribution in [1.29, 1.82) is 5.26 Å². The number of nitriles is 1. The number of hydrogen-bond donors (Lipinski definition) is 3. The highest BCUT2D eigenvalue weighted by atomic mass is 35.5. The predicted molar refractivity (Wildman–Crippen MR) is 132 cm³/mol. The normalized spacial score (nSPS) is 21.5. The Hall–Kier alpha value is -3.23. The van der Waals surface area contributed by atoms with Crippen LogP contribution < -0.4 is 16.4 Å². The summed E-state index contributed by atoms with van der Waals surface area (Å²) in [5.41, 5.74) is 7.19. The summed E-state index contributed by atoms with van der Waals surface area (Å²) >= 11 is 12.8. The van der Waals surface area contributed by atoms with Crippen LogP contribution in [0.15, 0.2) is 18.3 Å². The van der Waals surface area contributed by atoms with E-state index in [9.17, 15) is 18.8 Å². The largest absolute Gasteiger partial charge is 0.369 e. The van der Waals surface area contributed by atoms with Crippen LogP contribution in [-0.2, 0) is 4.79 Å². The first-order valence-electron chi connectivity index (χ1n) is 11.5. The lowest BCUT2D eigenvalue weighted by molar-refractivity contribution is -0.122. The quantitative estimate of drug-likeness (QED) is 0.396. The van der Waals surface area contributed by atoms with Crippen molar-refractivity contribution in [3.05, 3.63) is 33.9 Å². The first kappa shape index (κ1) is 24.5. The second-order valence-electron chi connectivity index (χ2n) is 9.27. The van der Waals surface area contributed by atoms with E-state index in [-0.39, 0.29) is 46.7 Å². The number of fused-ring (bicyclic) bond motifs is 1. The van der Waals surface area contributed by atoms with Crippen molar-refractivity contribution in [2.75, 3.05) is 10.6 Å². The monoisotopic (exact) mass is 534 g/mol. The van der Waals surface area contributed by atoms with E-state index in [0.29, 0.717) is 54.0 Å². The van der Waals surface area contributed by atoms with Gasteiger partial charge in [-0.1, -0.05) is 23.2 Å². The molecule has 13 heteroatoms. The Morgan fingerprint density at radius 3 is 2.42 bits per heavy atom. The maximum absolute atomic E-state index is 13.3. The van der Waals surface area contributed by atoms with E-state index in [4.69, 9.17) is 28.9 Å². The van der Waals surface area contributed by atoms with Gasteiger partial charge in [-0.25, -0.2) is 18.7 Å². The number of imidazole rings is 1. The molecule has 1 aromatic carbocycles. The number of aromatic nitrogens is 4. The van der Waals surface area contributed by atoms with Crippen molar-refractivity contribution < 1.29 is 13.6 Å². The molecule has 0 spiro atoms. The van der Waals surface area contributed by atoms with Crippen molar-refractivity contribution in [2.24, 2.45) is 11.7 Å². The minimum atomic E-state index is -2.67. The molecule has 9 nitrogen and oxygen atoms in total. The van der Waals surface area contributed by atoms with Crippen LogP contribution >= 0.6 is 23.2 Å². The number of rotatable bonds is 6. The third kappa shape index (κ3) is 4.75. The zero-order chi connectivity index (χ0) is 25.6. The zero-order valence-electron chi connectivity index (χ0n) is 18.9. The molecule has 0 bridgehead atoms. The van der Waals surface area contributed by atoms with Gasteiger partial charge in [0, 0.05) is 30.8 Å². The number of amides is 1. The Bertz CT molecular complexity index is 1350. The van der Waals surface area contributed by atoms with E-state index >= 15 is 0 Å². The lowest BCUT2D eigenvalue weighted by Crippen LogP contribution is -2.44. The first-order chi connectivity index (χ1) is 17.1. The van der Waals surface area contributed by atoms with Gasteiger partial charge in [0.25, 0.3) is 5.92 Å². The van der Waals surface area contributed by atoms with E-state index in [1.807, 2.05) is 10.6 Å². The fraction of sp³-hybridized carbons (Fsp3) is 0.435. The third-order valence-electron chi connectivity index (χ3n) is 6.73. The molecular weight excluding hydrogens is 513 g/mol. The molecule has 2 heterocycles. The van der Waals surface area contributed by atoms with Crippen molar-refractivity contribution in [3.63, 3.8) is 0 Å². The molecule has 2 saturated carbocycles. The lowest BCUT2D eigenvalue weighted by Gasteiger charge is -2.35. The van der Waals surface area contributed by atoms with Crippen LogP contribution in [-0.4, -0.2) is 37.4 Å². The second-order valence-corrected chi connectivity index (χ2v) is 10.1. The summed E-state index contributed by atoms with van der Waals surface area (Å²) in [5.74, 6) is -2.54. The average molecular weight is 535 g/mol. The summed E-state index contributed by atoms with van der Waals surface area (Å²) in [5, 5.41) is 15.8. The number of nitrogens with one attached hydrogen (secondary N) is 2. The molecule has 0 atom stereocenters. The van der Waals surface area contributed by atoms with Gasteiger partial charge in [-0.15, -0.1) is 0 Å². The zero-order valence-corrected chi connectivity index (χ0v) is 20.5. The summed E-state index contributed by atoms with van der Waals surface area (Å²) in [6, 6.07) is 4.52. The van der Waals surface area contributed by atoms with E-state index in [0.717, 1.165) is 0 Å². The SMILES string of the molecule is N#Cc1cc(Cl)c(Nc2nc3cnc(NC4CC(F)(F)C4)nc3n2C2CCC(C(N)=O)CC2)c(Cl)c1. The summed E-state index contributed by atoms with van der Waals surface area (Å²) < 4.78 is 28.5. The molecule has 188 valence electrons. The standard InChI is InChI=1S/C23H22Cl2F2N8O/c24-15-5-11(9-28)6-16(25)18(15)33-22-32-17-10-30-21(31-13-7-23(26,27)8-13)34-20(17)35(22)14-3-1-12(2-4-14)19(29)36/h5-6,10,12-14H,1-4,7-8H2,(H2,29,36)(H,32,33)(H,30,31,34). The molecule has 2 aliphatic rings. The Kier molecular flexibility index (Phi) is 6.34. The molecule has 2 aromatic heterocycles. The fourth-order valence-electron chi connectivity index (χ4n) is 4.83. The molecule has 1 amide bonds. The Morgan fingerprint density at radius 2 is 1.83 bits per heavy atom. The van der Waals surface area contributed by atoms with E-state index < -0.39 is 12.0 Å². The number of carbonyl (C=O) groups is 1. The summed E-state index contributed by atoms with van der Waals surface area (Å²) in [6.45, 7) is 0. The summed E-state index contributed by atoms with van der Waals surface area (Å²) in [7, 11) is 0. The fourth-order valence-corrected chi connectivity index (χ4v) is 5.41. The average Bonchev–Trinajstić information content (AvgIpc) is 3.17. The number of primary amides is 1. The van der Waals surface area contributed by atoms with Crippen LogP contribution in [0.3, 0.4) is 0 Å².